The summed E-state index contributed by atoms with van der Waals surface area (Å²) in [6, 6.07) is 7.26. The van der Waals surface area contributed by atoms with Gasteiger partial charge in [0, 0.05) is 12.8 Å². The summed E-state index contributed by atoms with van der Waals surface area (Å²) in [6.07, 6.45) is -1.04. The molecule has 10 nitrogen and oxygen atoms in total. The Labute approximate surface area is 190 Å². The number of nitrogens with one attached hydrogen (secondary N) is 2. The molecule has 2 aromatic carbocycles. The smallest absolute Gasteiger partial charge is 0.408 e. The molecule has 0 aliphatic carbocycles. The molecule has 10 heteroatoms. The van der Waals surface area contributed by atoms with Crippen LogP contribution in [0.4, 0.5) is 4.79 Å². The number of hydrogen-bond donors (Lipinski definition) is 6. The van der Waals surface area contributed by atoms with Crippen molar-refractivity contribution in [3.05, 3.63) is 53.6 Å². The monoisotopic (exact) mass is 460 g/mol. The maximum absolute atomic E-state index is 13.0. The van der Waals surface area contributed by atoms with Crippen LogP contribution in [0.3, 0.4) is 0 Å². The first-order valence-electron chi connectivity index (χ1n) is 10.2. The zero-order valence-corrected chi connectivity index (χ0v) is 18.5. The molecule has 0 saturated carbocycles. The second kappa shape index (κ2) is 10.6. The van der Waals surface area contributed by atoms with Crippen molar-refractivity contribution in [1.29, 1.82) is 0 Å². The van der Waals surface area contributed by atoms with Gasteiger partial charge in [-0.1, -0.05) is 18.2 Å². The fraction of sp³-hybridized carbons (Fsp3) is 0.348. The zero-order valence-electron chi connectivity index (χ0n) is 18.5. The SMILES string of the molecule is CC(C)(C)OC(=O)N[C@@H](Cc1ccc(O)c(O)c1)C(=O)N[C@@H](Cc1ccc(O)cc1)C(=O)O. The van der Waals surface area contributed by atoms with E-state index >= 15 is 0 Å². The van der Waals surface area contributed by atoms with Crippen molar-refractivity contribution >= 4 is 18.0 Å². The van der Waals surface area contributed by atoms with Crippen molar-refractivity contribution < 1.29 is 39.5 Å². The molecule has 2 aromatic rings. The number of aromatic hydroxyl groups is 3. The molecule has 0 aromatic heterocycles. The Bertz CT molecular complexity index is 999. The third kappa shape index (κ3) is 8.24. The first kappa shape index (κ1) is 25.3. The van der Waals surface area contributed by atoms with E-state index in [4.69, 9.17) is 4.74 Å². The van der Waals surface area contributed by atoms with Gasteiger partial charge in [0.1, 0.15) is 23.4 Å². The molecular formula is C23H28N2O8. The largest absolute Gasteiger partial charge is 0.508 e. The van der Waals surface area contributed by atoms with Crippen molar-refractivity contribution in [2.75, 3.05) is 0 Å². The minimum atomic E-state index is -1.31. The van der Waals surface area contributed by atoms with Crippen molar-refractivity contribution in [2.24, 2.45) is 0 Å². The Morgan fingerprint density at radius 3 is 1.97 bits per heavy atom. The van der Waals surface area contributed by atoms with Crippen molar-refractivity contribution in [3.8, 4) is 17.2 Å². The minimum Gasteiger partial charge on any atom is -0.508 e. The molecule has 2 atom stereocenters. The second-order valence-corrected chi connectivity index (χ2v) is 8.50. The van der Waals surface area contributed by atoms with Gasteiger partial charge in [-0.15, -0.1) is 0 Å². The number of amides is 2. The lowest BCUT2D eigenvalue weighted by molar-refractivity contribution is -0.142. The summed E-state index contributed by atoms with van der Waals surface area (Å²) < 4.78 is 5.20. The molecule has 0 heterocycles. The number of phenols is 3. The van der Waals surface area contributed by atoms with E-state index in [0.717, 1.165) is 0 Å². The molecule has 0 aliphatic heterocycles. The van der Waals surface area contributed by atoms with Crippen molar-refractivity contribution in [3.63, 3.8) is 0 Å². The van der Waals surface area contributed by atoms with Gasteiger partial charge in [0.2, 0.25) is 5.91 Å². The Morgan fingerprint density at radius 1 is 0.848 bits per heavy atom. The van der Waals surface area contributed by atoms with Crippen LogP contribution in [-0.2, 0) is 27.2 Å². The van der Waals surface area contributed by atoms with Crippen LogP contribution < -0.4 is 10.6 Å². The second-order valence-electron chi connectivity index (χ2n) is 8.50. The molecule has 0 radical (unpaired) electrons. The summed E-state index contributed by atoms with van der Waals surface area (Å²) in [5.41, 5.74) is 0.150. The summed E-state index contributed by atoms with van der Waals surface area (Å²) in [5.74, 6) is -2.79. The number of ether oxygens (including phenoxy) is 1. The summed E-state index contributed by atoms with van der Waals surface area (Å²) in [6.45, 7) is 4.95. The lowest BCUT2D eigenvalue weighted by Crippen LogP contribution is -2.53. The highest BCUT2D eigenvalue weighted by atomic mass is 16.6. The number of carbonyl (C=O) groups excluding carboxylic acids is 2. The van der Waals surface area contributed by atoms with Crippen LogP contribution >= 0.6 is 0 Å². The average molecular weight is 460 g/mol. The summed E-state index contributed by atoms with van der Waals surface area (Å²) in [5, 5.41) is 43.0. The van der Waals surface area contributed by atoms with Gasteiger partial charge in [-0.25, -0.2) is 9.59 Å². The third-order valence-electron chi connectivity index (χ3n) is 4.48. The van der Waals surface area contributed by atoms with Crippen LogP contribution in [0.5, 0.6) is 17.2 Å². The molecule has 6 N–H and O–H groups in total. The molecule has 0 fully saturated rings. The number of alkyl carbamates (subject to hydrolysis) is 1. The van der Waals surface area contributed by atoms with Gasteiger partial charge in [-0.2, -0.15) is 0 Å². The molecule has 0 bridgehead atoms. The molecule has 0 saturated heterocycles. The van der Waals surface area contributed by atoms with Crippen LogP contribution in [0.2, 0.25) is 0 Å². The third-order valence-corrected chi connectivity index (χ3v) is 4.48. The molecule has 178 valence electrons. The number of carboxylic acids is 1. The maximum Gasteiger partial charge on any atom is 0.408 e. The van der Waals surface area contributed by atoms with Gasteiger partial charge in [-0.05, 0) is 56.2 Å². The van der Waals surface area contributed by atoms with E-state index in [2.05, 4.69) is 10.6 Å². The van der Waals surface area contributed by atoms with Gasteiger partial charge in [0.25, 0.3) is 0 Å². The number of rotatable bonds is 8. The van der Waals surface area contributed by atoms with Crippen LogP contribution in [0.15, 0.2) is 42.5 Å². The van der Waals surface area contributed by atoms with Crippen LogP contribution in [0.1, 0.15) is 31.9 Å². The Hall–Kier alpha value is -3.95. The van der Waals surface area contributed by atoms with Crippen LogP contribution in [0.25, 0.3) is 0 Å². The number of aliphatic carboxylic acids is 1. The maximum atomic E-state index is 13.0. The number of carbonyl (C=O) groups is 3. The highest BCUT2D eigenvalue weighted by Crippen LogP contribution is 2.25. The summed E-state index contributed by atoms with van der Waals surface area (Å²) in [7, 11) is 0. The fourth-order valence-corrected chi connectivity index (χ4v) is 2.93. The normalized spacial score (nSPS) is 12.9. The lowest BCUT2D eigenvalue weighted by Gasteiger charge is -2.24. The predicted octanol–water partition coefficient (Wildman–Crippen LogP) is 2.05. The van der Waals surface area contributed by atoms with Gasteiger partial charge >= 0.3 is 12.1 Å². The molecular weight excluding hydrogens is 432 g/mol. The number of hydrogen-bond acceptors (Lipinski definition) is 7. The van der Waals surface area contributed by atoms with Gasteiger partial charge in [-0.3, -0.25) is 4.79 Å². The summed E-state index contributed by atoms with van der Waals surface area (Å²) in [4.78, 5) is 37.0. The highest BCUT2D eigenvalue weighted by molar-refractivity contribution is 5.89. The van der Waals surface area contributed by atoms with E-state index in [9.17, 15) is 34.8 Å². The van der Waals surface area contributed by atoms with Crippen LogP contribution in [0, 0.1) is 0 Å². The zero-order chi connectivity index (χ0) is 24.8. The Morgan fingerprint density at radius 2 is 1.42 bits per heavy atom. The van der Waals surface area contributed by atoms with E-state index < -0.39 is 41.4 Å². The minimum absolute atomic E-state index is 0.0217. The van der Waals surface area contributed by atoms with Crippen molar-refractivity contribution in [2.45, 2.75) is 51.3 Å². The number of phenolic OH excluding ortho intramolecular Hbond substituents is 3. The summed E-state index contributed by atoms with van der Waals surface area (Å²) >= 11 is 0. The first-order chi connectivity index (χ1) is 15.3. The highest BCUT2D eigenvalue weighted by Gasteiger charge is 2.29. The molecule has 2 amide bonds. The van der Waals surface area contributed by atoms with E-state index in [-0.39, 0.29) is 24.3 Å². The number of benzene rings is 2. The Kier molecular flexibility index (Phi) is 8.11. The molecule has 2 rings (SSSR count). The van der Waals surface area contributed by atoms with Crippen molar-refractivity contribution in [1.82, 2.24) is 10.6 Å². The molecule has 0 spiro atoms. The topological polar surface area (TPSA) is 165 Å². The molecule has 0 aliphatic rings. The van der Waals surface area contributed by atoms with E-state index in [1.54, 1.807) is 20.8 Å². The lowest BCUT2D eigenvalue weighted by atomic mass is 10.0. The van der Waals surface area contributed by atoms with Gasteiger partial charge < -0.3 is 35.8 Å². The number of carboxylic acid groups (broad SMARTS) is 1. The molecule has 0 unspecified atom stereocenters. The van der Waals surface area contributed by atoms with E-state index in [0.29, 0.717) is 11.1 Å². The Balaban J connectivity index is 2.21. The standard InChI is InChI=1S/C23H28N2O8/c1-23(2,3)33-22(32)25-16(11-14-6-9-18(27)19(28)12-14)20(29)24-17(21(30)31)10-13-4-7-15(26)8-5-13/h4-9,12,16-17,26-28H,10-11H2,1-3H3,(H,24,29)(H,25,32)(H,30,31)/t16-,17-/m0/s1. The average Bonchev–Trinajstić information content (AvgIpc) is 2.69. The van der Waals surface area contributed by atoms with E-state index in [1.807, 2.05) is 0 Å². The van der Waals surface area contributed by atoms with Gasteiger partial charge in [0.05, 0.1) is 0 Å². The quantitative estimate of drug-likeness (QED) is 0.326. The predicted molar refractivity (Wildman–Crippen MR) is 118 cm³/mol. The fourth-order valence-electron chi connectivity index (χ4n) is 2.93. The van der Waals surface area contributed by atoms with E-state index in [1.165, 1.54) is 42.5 Å². The molecule has 33 heavy (non-hydrogen) atoms. The van der Waals surface area contributed by atoms with Gasteiger partial charge in [0.15, 0.2) is 11.5 Å². The first-order valence-corrected chi connectivity index (χ1v) is 10.2. The van der Waals surface area contributed by atoms with Crippen LogP contribution in [-0.4, -0.2) is 56.1 Å².